The number of nitrogens with zero attached hydrogens (tertiary/aromatic N) is 4. The molecule has 2 N–H and O–H groups in total. The number of hydrogen-bond acceptors (Lipinski definition) is 7. The second-order valence-corrected chi connectivity index (χ2v) is 14.5. The molecule has 8 nitrogen and oxygen atoms in total. The van der Waals surface area contributed by atoms with Gasteiger partial charge in [0, 0.05) is 0 Å². The van der Waals surface area contributed by atoms with Gasteiger partial charge < -0.3 is 19.6 Å². The van der Waals surface area contributed by atoms with Gasteiger partial charge in [0.1, 0.15) is 30.2 Å². The Hall–Kier alpha value is -3.11. The van der Waals surface area contributed by atoms with E-state index in [4.69, 9.17) is 19.6 Å². The van der Waals surface area contributed by atoms with Crippen molar-refractivity contribution in [3.05, 3.63) is 73.3 Å². The minimum atomic E-state index is -2.66. The maximum Gasteiger partial charge on any atom is 0.261 e. The molecule has 2 saturated heterocycles. The number of epoxide rings is 1. The van der Waals surface area contributed by atoms with Crippen LogP contribution in [0.15, 0.2) is 73.3 Å². The van der Waals surface area contributed by atoms with E-state index in [1.807, 2.05) is 4.57 Å². The summed E-state index contributed by atoms with van der Waals surface area (Å²) in [6.45, 7) is 7.26. The average molecular weight is 488 g/mol. The predicted molar refractivity (Wildman–Crippen MR) is 136 cm³/mol. The minimum Gasteiger partial charge on any atom is -0.405 e. The quantitative estimate of drug-likeness (QED) is 0.330. The van der Waals surface area contributed by atoms with Crippen LogP contribution in [-0.2, 0) is 13.9 Å². The molecule has 6 rings (SSSR count). The minimum absolute atomic E-state index is 0.0187. The Kier molecular flexibility index (Phi) is 5.26. The lowest BCUT2D eigenvalue weighted by molar-refractivity contribution is -0.0799. The summed E-state index contributed by atoms with van der Waals surface area (Å²) in [4.78, 5) is 12.8. The van der Waals surface area contributed by atoms with E-state index in [1.165, 1.54) is 16.7 Å². The third-order valence-electron chi connectivity index (χ3n) is 7.07. The first-order chi connectivity index (χ1) is 16.9. The van der Waals surface area contributed by atoms with Crippen molar-refractivity contribution in [1.82, 2.24) is 19.5 Å². The van der Waals surface area contributed by atoms with E-state index >= 15 is 0 Å². The van der Waals surface area contributed by atoms with Crippen LogP contribution in [0.5, 0.6) is 0 Å². The predicted octanol–water partition coefficient (Wildman–Crippen LogP) is 2.65. The molecule has 0 bridgehead atoms. The lowest BCUT2D eigenvalue weighted by atomic mass is 10.2. The molecule has 180 valence electrons. The van der Waals surface area contributed by atoms with Gasteiger partial charge in [0.25, 0.3) is 8.32 Å². The van der Waals surface area contributed by atoms with Crippen LogP contribution < -0.4 is 16.1 Å². The molecule has 0 spiro atoms. The van der Waals surface area contributed by atoms with Crippen LogP contribution in [0, 0.1) is 0 Å². The van der Waals surface area contributed by atoms with Gasteiger partial charge in [-0.05, 0) is 15.4 Å². The van der Waals surface area contributed by atoms with Crippen LogP contribution in [0.2, 0.25) is 5.04 Å². The van der Waals surface area contributed by atoms with Crippen LogP contribution in [0.3, 0.4) is 0 Å². The molecule has 2 unspecified atom stereocenters. The van der Waals surface area contributed by atoms with Gasteiger partial charge in [-0.1, -0.05) is 81.4 Å². The molecule has 2 aliphatic rings. The van der Waals surface area contributed by atoms with Gasteiger partial charge in [-0.15, -0.1) is 0 Å². The number of hydrogen-bond donors (Lipinski definition) is 1. The molecule has 9 heteroatoms. The van der Waals surface area contributed by atoms with E-state index in [0.717, 1.165) is 0 Å². The van der Waals surface area contributed by atoms with Crippen molar-refractivity contribution in [1.29, 1.82) is 0 Å². The Morgan fingerprint density at radius 1 is 0.914 bits per heavy atom. The van der Waals surface area contributed by atoms with Gasteiger partial charge in [-0.2, -0.15) is 0 Å². The molecule has 2 fully saturated rings. The Labute approximate surface area is 205 Å². The third kappa shape index (κ3) is 3.58. The summed E-state index contributed by atoms with van der Waals surface area (Å²) >= 11 is 0. The van der Waals surface area contributed by atoms with Crippen molar-refractivity contribution in [2.75, 3.05) is 12.3 Å². The largest absolute Gasteiger partial charge is 0.405 e. The number of benzene rings is 2. The molecule has 2 aromatic carbocycles. The Balaban J connectivity index is 1.31. The molecule has 4 heterocycles. The smallest absolute Gasteiger partial charge is 0.261 e. The molecule has 4 aromatic rings. The molecule has 0 aliphatic carbocycles. The topological polar surface area (TPSA) is 101 Å². The van der Waals surface area contributed by atoms with Crippen molar-refractivity contribution < 1.29 is 13.9 Å². The third-order valence-corrected chi connectivity index (χ3v) is 12.1. The molecule has 4 atom stereocenters. The molecule has 0 amide bonds. The van der Waals surface area contributed by atoms with E-state index in [2.05, 4.69) is 96.4 Å². The first kappa shape index (κ1) is 22.4. The molecule has 0 radical (unpaired) electrons. The van der Waals surface area contributed by atoms with Gasteiger partial charge in [0.2, 0.25) is 0 Å². The summed E-state index contributed by atoms with van der Waals surface area (Å²) in [6.07, 6.45) is 2.55. The van der Waals surface area contributed by atoms with Crippen molar-refractivity contribution in [3.8, 4) is 0 Å². The standard InChI is InChI=1S/C26H29N5O3Si/c1-26(2,3)35(17-10-6-4-7-11-17,18-12-8-5-9-13-18)32-14-19-21-22(34-21)25(33-19)31-16-30-20-23(27)28-15-29-24(20)31/h4-13,15-16,19,21-22,25H,14H2,1-3H3,(H2,27,28,29)/t19-,21?,22?,25-/m1/s1. The molecule has 2 aliphatic heterocycles. The summed E-state index contributed by atoms with van der Waals surface area (Å²) in [5.74, 6) is 0.353. The first-order valence-corrected chi connectivity index (χ1v) is 13.8. The monoisotopic (exact) mass is 487 g/mol. The van der Waals surface area contributed by atoms with E-state index in [9.17, 15) is 0 Å². The highest BCUT2D eigenvalue weighted by Crippen LogP contribution is 2.46. The Morgan fingerprint density at radius 3 is 2.20 bits per heavy atom. The number of aromatic nitrogens is 4. The lowest BCUT2D eigenvalue weighted by Crippen LogP contribution is -2.67. The maximum absolute atomic E-state index is 7.08. The van der Waals surface area contributed by atoms with Crippen LogP contribution in [0.25, 0.3) is 11.2 Å². The molecule has 2 aromatic heterocycles. The van der Waals surface area contributed by atoms with Crippen molar-refractivity contribution in [2.24, 2.45) is 0 Å². The first-order valence-electron chi connectivity index (χ1n) is 11.9. The second kappa shape index (κ2) is 8.23. The zero-order valence-corrected chi connectivity index (χ0v) is 21.0. The van der Waals surface area contributed by atoms with Crippen LogP contribution in [0.4, 0.5) is 5.82 Å². The number of imidazole rings is 1. The number of ether oxygens (including phenoxy) is 2. The highest BCUT2D eigenvalue weighted by atomic mass is 28.4. The summed E-state index contributed by atoms with van der Waals surface area (Å²) in [5, 5.41) is 2.38. The average Bonchev–Trinajstić information content (AvgIpc) is 3.39. The van der Waals surface area contributed by atoms with E-state index < -0.39 is 8.32 Å². The number of rotatable bonds is 6. The van der Waals surface area contributed by atoms with Crippen LogP contribution in [-0.4, -0.2) is 52.8 Å². The van der Waals surface area contributed by atoms with Crippen LogP contribution >= 0.6 is 0 Å². The normalized spacial score (nSPS) is 24.0. The van der Waals surface area contributed by atoms with Crippen molar-refractivity contribution >= 4 is 35.7 Å². The Bertz CT molecular complexity index is 1300. The van der Waals surface area contributed by atoms with Gasteiger partial charge >= 0.3 is 0 Å². The van der Waals surface area contributed by atoms with E-state index in [1.54, 1.807) is 6.33 Å². The second-order valence-electron chi connectivity index (χ2n) is 10.2. The summed E-state index contributed by atoms with van der Waals surface area (Å²) in [7, 11) is -2.66. The van der Waals surface area contributed by atoms with E-state index in [-0.39, 0.29) is 29.6 Å². The van der Waals surface area contributed by atoms with Crippen molar-refractivity contribution in [2.45, 2.75) is 50.3 Å². The zero-order chi connectivity index (χ0) is 24.2. The SMILES string of the molecule is CC(C)(C)[Si](OC[C@H]1O[C@@H](n2cnc3c(N)ncnc32)C2OC21)(c1ccccc1)c1ccccc1. The maximum atomic E-state index is 7.08. The fourth-order valence-electron chi connectivity index (χ4n) is 5.38. The number of anilines is 1. The highest BCUT2D eigenvalue weighted by Gasteiger charge is 2.60. The van der Waals surface area contributed by atoms with Gasteiger partial charge in [-0.3, -0.25) is 4.57 Å². The fraction of sp³-hybridized carbons (Fsp3) is 0.346. The lowest BCUT2D eigenvalue weighted by Gasteiger charge is -2.43. The van der Waals surface area contributed by atoms with Crippen LogP contribution in [0.1, 0.15) is 27.0 Å². The Morgan fingerprint density at radius 2 is 1.57 bits per heavy atom. The van der Waals surface area contributed by atoms with Gasteiger partial charge in [0.05, 0.1) is 12.9 Å². The summed E-state index contributed by atoms with van der Waals surface area (Å²) in [5.41, 5.74) is 7.19. The fourth-order valence-corrected chi connectivity index (χ4v) is 9.95. The number of nitrogens with two attached hydrogens (primary N) is 1. The van der Waals surface area contributed by atoms with Gasteiger partial charge in [0.15, 0.2) is 17.7 Å². The number of nitrogen functional groups attached to an aromatic ring is 1. The zero-order valence-electron chi connectivity index (χ0n) is 20.0. The van der Waals surface area contributed by atoms with E-state index in [0.29, 0.717) is 23.6 Å². The molecular weight excluding hydrogens is 458 g/mol. The summed E-state index contributed by atoms with van der Waals surface area (Å²) < 4.78 is 21.5. The van der Waals surface area contributed by atoms with Gasteiger partial charge in [-0.25, -0.2) is 15.0 Å². The molecule has 35 heavy (non-hydrogen) atoms. The number of fused-ring (bicyclic) bond motifs is 2. The highest BCUT2D eigenvalue weighted by molar-refractivity contribution is 6.99. The van der Waals surface area contributed by atoms with Crippen molar-refractivity contribution in [3.63, 3.8) is 0 Å². The molecule has 0 saturated carbocycles. The summed E-state index contributed by atoms with van der Waals surface area (Å²) in [6, 6.07) is 21.3. The molecular formula is C26H29N5O3Si.